The maximum atomic E-state index is 13.0. The van der Waals surface area contributed by atoms with E-state index in [-0.39, 0.29) is 0 Å². The zero-order valence-electron chi connectivity index (χ0n) is 16.4. The molecule has 0 unspecified atom stereocenters. The molecular weight excluding hydrogens is 386 g/mol. The second-order valence-electron chi connectivity index (χ2n) is 6.44. The maximum Gasteiger partial charge on any atom is 0.349 e. The average Bonchev–Trinajstić information content (AvgIpc) is 3.27. The lowest BCUT2D eigenvalue weighted by atomic mass is 10.1. The molecule has 0 bridgehead atoms. The number of hydrogen-bond acceptors (Lipinski definition) is 5. The number of amides is 1. The number of hydrogen-bond donors (Lipinski definition) is 1. The summed E-state index contributed by atoms with van der Waals surface area (Å²) in [7, 11) is 0. The van der Waals surface area contributed by atoms with Gasteiger partial charge in [-0.05, 0) is 36.9 Å². The third-order valence-electron chi connectivity index (χ3n) is 4.27. The Balaban J connectivity index is 1.82. The van der Waals surface area contributed by atoms with Gasteiger partial charge in [-0.3, -0.25) is 4.79 Å². The molecule has 1 N–H and O–H groups in total. The van der Waals surface area contributed by atoms with Crippen LogP contribution < -0.4 is 10.1 Å². The predicted molar refractivity (Wildman–Crippen MR) is 113 cm³/mol. The van der Waals surface area contributed by atoms with Crippen molar-refractivity contribution in [3.63, 3.8) is 0 Å². The van der Waals surface area contributed by atoms with Gasteiger partial charge in [0.1, 0.15) is 10.6 Å². The molecule has 3 rings (SSSR count). The number of thiophene rings is 1. The van der Waals surface area contributed by atoms with Crippen LogP contribution in [-0.4, -0.2) is 18.5 Å². The summed E-state index contributed by atoms with van der Waals surface area (Å²) in [5, 5.41) is 4.66. The first-order chi connectivity index (χ1) is 14.1. The molecule has 6 heteroatoms. The molecule has 1 amide bonds. The third kappa shape index (κ3) is 5.45. The third-order valence-corrected chi connectivity index (χ3v) is 5.12. The van der Waals surface area contributed by atoms with Gasteiger partial charge >= 0.3 is 5.97 Å². The maximum absolute atomic E-state index is 13.0. The molecule has 0 saturated carbocycles. The van der Waals surface area contributed by atoms with E-state index < -0.39 is 18.0 Å². The van der Waals surface area contributed by atoms with Gasteiger partial charge in [0, 0.05) is 12.1 Å². The molecule has 0 fully saturated rings. The summed E-state index contributed by atoms with van der Waals surface area (Å²) in [5.74, 6) is -0.422. The normalized spacial score (nSPS) is 11.5. The Morgan fingerprint density at radius 3 is 2.48 bits per heavy atom. The van der Waals surface area contributed by atoms with Crippen molar-refractivity contribution in [1.82, 2.24) is 5.32 Å². The highest BCUT2D eigenvalue weighted by atomic mass is 32.1. The molecule has 0 radical (unpaired) electrons. The Bertz CT molecular complexity index is 951. The summed E-state index contributed by atoms with van der Waals surface area (Å²) in [6, 6.07) is 18.4. The number of benzene rings is 2. The first-order valence-corrected chi connectivity index (χ1v) is 10.3. The van der Waals surface area contributed by atoms with Gasteiger partial charge < -0.3 is 14.8 Å². The molecule has 1 heterocycles. The van der Waals surface area contributed by atoms with E-state index in [1.165, 1.54) is 11.3 Å². The van der Waals surface area contributed by atoms with Crippen molar-refractivity contribution >= 4 is 23.2 Å². The number of rotatable bonds is 8. The molecule has 5 nitrogen and oxygen atoms in total. The number of carbonyl (C=O) groups is 2. The molecule has 0 saturated heterocycles. The van der Waals surface area contributed by atoms with Gasteiger partial charge in [-0.25, -0.2) is 4.79 Å². The van der Waals surface area contributed by atoms with Crippen LogP contribution in [0.2, 0.25) is 0 Å². The Morgan fingerprint density at radius 2 is 1.79 bits per heavy atom. The summed E-state index contributed by atoms with van der Waals surface area (Å²) in [4.78, 5) is 26.0. The van der Waals surface area contributed by atoms with Crippen LogP contribution in [0.15, 0.2) is 66.0 Å². The van der Waals surface area contributed by atoms with Gasteiger partial charge in [0.05, 0.1) is 6.61 Å². The van der Waals surface area contributed by atoms with Crippen molar-refractivity contribution < 1.29 is 19.1 Å². The lowest BCUT2D eigenvalue weighted by Crippen LogP contribution is -2.32. The first-order valence-electron chi connectivity index (χ1n) is 9.38. The molecule has 0 aliphatic carbocycles. The van der Waals surface area contributed by atoms with Crippen molar-refractivity contribution in [1.29, 1.82) is 0 Å². The van der Waals surface area contributed by atoms with Gasteiger partial charge in [-0.1, -0.05) is 54.1 Å². The fourth-order valence-corrected chi connectivity index (χ4v) is 3.40. The van der Waals surface area contributed by atoms with Crippen LogP contribution >= 0.6 is 11.3 Å². The Kier molecular flexibility index (Phi) is 7.03. The number of ether oxygens (including phenoxy) is 2. The van der Waals surface area contributed by atoms with Crippen molar-refractivity contribution in [2.24, 2.45) is 0 Å². The molecule has 0 aliphatic heterocycles. The van der Waals surface area contributed by atoms with Crippen LogP contribution in [0.5, 0.6) is 5.75 Å². The van der Waals surface area contributed by atoms with Gasteiger partial charge in [0.2, 0.25) is 6.10 Å². The minimum Gasteiger partial charge on any atom is -0.493 e. The number of aryl methyl sites for hydroxylation is 1. The van der Waals surface area contributed by atoms with Crippen molar-refractivity contribution in [2.45, 2.75) is 26.5 Å². The summed E-state index contributed by atoms with van der Waals surface area (Å²) < 4.78 is 11.3. The summed E-state index contributed by atoms with van der Waals surface area (Å²) in [6.07, 6.45) is -1.11. The minimum atomic E-state index is -1.11. The van der Waals surface area contributed by atoms with Crippen molar-refractivity contribution in [3.05, 3.63) is 87.6 Å². The van der Waals surface area contributed by atoms with Gasteiger partial charge in [-0.15, -0.1) is 11.3 Å². The summed E-state index contributed by atoms with van der Waals surface area (Å²) in [6.45, 7) is 4.64. The van der Waals surface area contributed by atoms with Gasteiger partial charge in [-0.2, -0.15) is 0 Å². The number of nitrogens with one attached hydrogen (secondary N) is 1. The topological polar surface area (TPSA) is 64.6 Å². The largest absolute Gasteiger partial charge is 0.493 e. The minimum absolute atomic E-state index is 0.336. The lowest BCUT2D eigenvalue weighted by molar-refractivity contribution is -0.130. The molecule has 3 aromatic rings. The molecule has 1 atom stereocenters. The van der Waals surface area contributed by atoms with E-state index in [9.17, 15) is 9.59 Å². The quantitative estimate of drug-likeness (QED) is 0.549. The van der Waals surface area contributed by atoms with E-state index >= 15 is 0 Å². The highest BCUT2D eigenvalue weighted by Gasteiger charge is 2.28. The zero-order valence-corrected chi connectivity index (χ0v) is 17.2. The number of para-hydroxylation sites is 1. The fourth-order valence-electron chi connectivity index (χ4n) is 2.79. The second kappa shape index (κ2) is 9.89. The van der Waals surface area contributed by atoms with Crippen LogP contribution in [0, 0.1) is 6.92 Å². The highest BCUT2D eigenvalue weighted by Crippen LogP contribution is 2.29. The highest BCUT2D eigenvalue weighted by molar-refractivity contribution is 7.11. The Morgan fingerprint density at radius 1 is 1.03 bits per heavy atom. The van der Waals surface area contributed by atoms with Crippen LogP contribution in [0.4, 0.5) is 0 Å². The second-order valence-corrected chi connectivity index (χ2v) is 7.38. The Hall–Kier alpha value is -3.12. The average molecular weight is 410 g/mol. The Labute approximate surface area is 174 Å². The van der Waals surface area contributed by atoms with E-state index in [2.05, 4.69) is 5.32 Å². The smallest absolute Gasteiger partial charge is 0.349 e. The van der Waals surface area contributed by atoms with Crippen LogP contribution in [0.3, 0.4) is 0 Å². The van der Waals surface area contributed by atoms with Gasteiger partial charge in [0.15, 0.2) is 0 Å². The molecule has 150 valence electrons. The molecule has 29 heavy (non-hydrogen) atoms. The predicted octanol–water partition coefficient (Wildman–Crippen LogP) is 4.67. The number of esters is 1. The SMILES string of the molecule is CCOc1ccccc1[C@H](OC(=O)c1cccs1)C(=O)NCc1ccc(C)cc1. The summed E-state index contributed by atoms with van der Waals surface area (Å²) in [5.41, 5.74) is 2.62. The van der Waals surface area contributed by atoms with E-state index in [1.807, 2.05) is 44.2 Å². The fraction of sp³-hybridized carbons (Fsp3) is 0.217. The summed E-state index contributed by atoms with van der Waals surface area (Å²) >= 11 is 1.27. The van der Waals surface area contributed by atoms with Crippen LogP contribution in [0.25, 0.3) is 0 Å². The van der Waals surface area contributed by atoms with Crippen molar-refractivity contribution in [3.8, 4) is 5.75 Å². The van der Waals surface area contributed by atoms with E-state index in [1.54, 1.807) is 35.7 Å². The first kappa shape index (κ1) is 20.6. The van der Waals surface area contributed by atoms with E-state index in [0.717, 1.165) is 11.1 Å². The van der Waals surface area contributed by atoms with Crippen LogP contribution in [-0.2, 0) is 16.1 Å². The molecule has 0 spiro atoms. The molecule has 0 aliphatic rings. The van der Waals surface area contributed by atoms with Crippen LogP contribution in [0.1, 0.15) is 39.4 Å². The zero-order chi connectivity index (χ0) is 20.6. The monoisotopic (exact) mass is 409 g/mol. The molecular formula is C23H23NO4S. The molecule has 2 aromatic carbocycles. The van der Waals surface area contributed by atoms with E-state index in [4.69, 9.17) is 9.47 Å². The van der Waals surface area contributed by atoms with Gasteiger partial charge in [0.25, 0.3) is 5.91 Å². The van der Waals surface area contributed by atoms with Crippen molar-refractivity contribution in [2.75, 3.05) is 6.61 Å². The standard InChI is InChI=1S/C23H23NO4S/c1-3-27-19-8-5-4-7-18(19)21(28-23(26)20-9-6-14-29-20)22(25)24-15-17-12-10-16(2)11-13-17/h4-14,21H,3,15H2,1-2H3,(H,24,25)/t21-/m0/s1. The lowest BCUT2D eigenvalue weighted by Gasteiger charge is -2.20. The number of carbonyl (C=O) groups excluding carboxylic acids is 2. The van der Waals surface area contributed by atoms with E-state index in [0.29, 0.717) is 29.3 Å². The molecule has 1 aromatic heterocycles.